The maximum Gasteiger partial charge on any atom is 0.303 e. The molecule has 36 heavy (non-hydrogen) atoms. The molecule has 0 spiro atoms. The second-order valence-corrected chi connectivity index (χ2v) is 19.2. The van der Waals surface area contributed by atoms with Crippen LogP contribution in [-0.2, 0) is 4.79 Å². The Kier molecular flexibility index (Phi) is 28.0. The van der Waals surface area contributed by atoms with Crippen molar-refractivity contribution in [3.63, 3.8) is 0 Å². The molecule has 0 aliphatic carbocycles. The lowest BCUT2D eigenvalue weighted by molar-refractivity contribution is -0.137. The Labute approximate surface area is 232 Å². The van der Waals surface area contributed by atoms with E-state index in [1.165, 1.54) is 167 Å². The van der Waals surface area contributed by atoms with Crippen molar-refractivity contribution in [2.45, 2.75) is 199 Å². The van der Waals surface area contributed by atoms with Crippen molar-refractivity contribution in [3.05, 3.63) is 0 Å². The first-order valence-electron chi connectivity index (χ1n) is 16.3. The summed E-state index contributed by atoms with van der Waals surface area (Å²) in [5, 5.41) is 8.62. The Morgan fingerprint density at radius 1 is 0.444 bits per heavy atom. The number of rotatable bonds is 30. The lowest BCUT2D eigenvalue weighted by atomic mass is 10.0. The zero-order valence-corrected chi connectivity index (χ0v) is 26.5. The summed E-state index contributed by atoms with van der Waals surface area (Å²) in [7, 11) is -1.32. The van der Waals surface area contributed by atoms with Crippen molar-refractivity contribution in [1.82, 2.24) is 0 Å². The van der Waals surface area contributed by atoms with Crippen LogP contribution in [-0.4, -0.2) is 18.5 Å². The van der Waals surface area contributed by atoms with Crippen LogP contribution in [0.3, 0.4) is 0 Å². The maximum atomic E-state index is 10.5. The van der Waals surface area contributed by atoms with Crippen LogP contribution < -0.4 is 0 Å². The quantitative estimate of drug-likeness (QED) is 0.0554. The number of aliphatic carboxylic acids is 1. The first-order valence-corrected chi connectivity index (χ1v) is 20.5. The lowest BCUT2D eigenvalue weighted by Gasteiger charge is -2.11. The largest absolute Gasteiger partial charge is 0.481 e. The number of hydrogen-bond acceptors (Lipinski definition) is 1. The van der Waals surface area contributed by atoms with E-state index < -0.39 is 13.4 Å². The minimum atomic E-state index is -1.32. The highest BCUT2D eigenvalue weighted by Crippen LogP contribution is 2.20. The van der Waals surface area contributed by atoms with Crippen LogP contribution in [0.15, 0.2) is 0 Å². The predicted molar refractivity (Wildman–Crippen MR) is 165 cm³/mol. The molecule has 0 amide bonds. The summed E-state index contributed by atoms with van der Waals surface area (Å²) in [6.45, 7) is 4.53. The van der Waals surface area contributed by atoms with Gasteiger partial charge in [0.2, 0.25) is 0 Å². The predicted octanol–water partition coefficient (Wildman–Crippen LogP) is 12.4. The summed E-state index contributed by atoms with van der Waals surface area (Å²) >= 11 is 6.38. The number of halogens is 1. The van der Waals surface area contributed by atoms with E-state index in [0.717, 1.165) is 12.8 Å². The van der Waals surface area contributed by atoms with E-state index in [9.17, 15) is 4.79 Å². The highest BCUT2D eigenvalue weighted by atomic mass is 35.6. The van der Waals surface area contributed by atoms with Crippen molar-refractivity contribution in [2.24, 2.45) is 0 Å². The van der Waals surface area contributed by atoms with E-state index in [2.05, 4.69) is 13.1 Å². The minimum Gasteiger partial charge on any atom is -0.481 e. The van der Waals surface area contributed by atoms with Crippen LogP contribution >= 0.6 is 11.1 Å². The average Bonchev–Trinajstić information content (AvgIpc) is 2.82. The monoisotopic (exact) mass is 544 g/mol. The second-order valence-electron chi connectivity index (χ2n) is 12.2. The second kappa shape index (κ2) is 28.0. The Hall–Kier alpha value is -0.0231. The van der Waals surface area contributed by atoms with Crippen LogP contribution in [0.1, 0.15) is 180 Å². The Morgan fingerprint density at radius 3 is 0.833 bits per heavy atom. The summed E-state index contributed by atoms with van der Waals surface area (Å²) < 4.78 is 0. The van der Waals surface area contributed by atoms with Gasteiger partial charge in [-0.3, -0.25) is 4.79 Å². The molecular formula is C32H65ClO2Si. The minimum absolute atomic E-state index is 0.344. The first kappa shape index (κ1) is 36.0. The average molecular weight is 545 g/mol. The summed E-state index contributed by atoms with van der Waals surface area (Å²) in [4.78, 5) is 10.5. The van der Waals surface area contributed by atoms with Gasteiger partial charge in [-0.05, 0) is 12.5 Å². The molecule has 0 fully saturated rings. The molecule has 0 atom stereocenters. The van der Waals surface area contributed by atoms with Gasteiger partial charge in [-0.1, -0.05) is 180 Å². The van der Waals surface area contributed by atoms with Gasteiger partial charge < -0.3 is 5.11 Å². The molecule has 1 N–H and O–H groups in total. The summed E-state index contributed by atoms with van der Waals surface area (Å²) in [5.41, 5.74) is 0. The fourth-order valence-electron chi connectivity index (χ4n) is 5.24. The molecule has 0 unspecified atom stereocenters. The fraction of sp³-hybridized carbons (Fsp3) is 0.969. The van der Waals surface area contributed by atoms with Crippen molar-refractivity contribution in [1.29, 1.82) is 0 Å². The molecule has 0 heterocycles. The van der Waals surface area contributed by atoms with Crippen molar-refractivity contribution in [2.75, 3.05) is 0 Å². The highest BCUT2D eigenvalue weighted by Gasteiger charge is 2.15. The van der Waals surface area contributed by atoms with Crippen LogP contribution in [0.2, 0.25) is 19.1 Å². The lowest BCUT2D eigenvalue weighted by Crippen LogP contribution is -2.14. The third kappa shape index (κ3) is 34.0. The van der Waals surface area contributed by atoms with Gasteiger partial charge in [0.1, 0.15) is 7.38 Å². The fourth-order valence-corrected chi connectivity index (χ4v) is 6.73. The zero-order valence-electron chi connectivity index (χ0n) is 24.7. The Balaban J connectivity index is 3.05. The van der Waals surface area contributed by atoms with Crippen LogP contribution in [0.5, 0.6) is 0 Å². The number of unbranched alkanes of at least 4 members (excludes halogenated alkanes) is 26. The molecule has 4 heteroatoms. The number of carbonyl (C=O) groups is 1. The van der Waals surface area contributed by atoms with Gasteiger partial charge >= 0.3 is 5.97 Å². The van der Waals surface area contributed by atoms with Crippen molar-refractivity contribution in [3.8, 4) is 0 Å². The molecule has 0 radical (unpaired) electrons. The van der Waals surface area contributed by atoms with Crippen LogP contribution in [0.25, 0.3) is 0 Å². The van der Waals surface area contributed by atoms with Crippen LogP contribution in [0.4, 0.5) is 0 Å². The number of carboxylic acids is 1. The van der Waals surface area contributed by atoms with E-state index in [0.29, 0.717) is 6.42 Å². The SMILES string of the molecule is C[Si](C)(Cl)CCCCCCCCCCCCCCCCCCCCCCCCCCCCCC(=O)O. The molecule has 0 aliphatic rings. The van der Waals surface area contributed by atoms with Gasteiger partial charge in [-0.2, -0.15) is 11.1 Å². The molecule has 0 saturated carbocycles. The first-order chi connectivity index (χ1) is 17.4. The van der Waals surface area contributed by atoms with Gasteiger partial charge in [0.05, 0.1) is 0 Å². The molecule has 0 aromatic rings. The van der Waals surface area contributed by atoms with Crippen molar-refractivity contribution < 1.29 is 9.90 Å². The van der Waals surface area contributed by atoms with Gasteiger partial charge in [0.15, 0.2) is 0 Å². The number of carboxylic acid groups (broad SMARTS) is 1. The van der Waals surface area contributed by atoms with Gasteiger partial charge in [-0.25, -0.2) is 0 Å². The maximum absolute atomic E-state index is 10.5. The molecule has 0 aromatic heterocycles. The van der Waals surface area contributed by atoms with E-state index in [1.807, 2.05) is 0 Å². The van der Waals surface area contributed by atoms with E-state index in [-0.39, 0.29) is 0 Å². The zero-order chi connectivity index (χ0) is 26.6. The van der Waals surface area contributed by atoms with E-state index >= 15 is 0 Å². The normalized spacial score (nSPS) is 11.9. The molecule has 0 bridgehead atoms. The molecule has 0 saturated heterocycles. The van der Waals surface area contributed by atoms with E-state index in [4.69, 9.17) is 16.2 Å². The van der Waals surface area contributed by atoms with E-state index in [1.54, 1.807) is 0 Å². The smallest absolute Gasteiger partial charge is 0.303 e. The molecule has 0 aliphatic heterocycles. The number of hydrogen-bond donors (Lipinski definition) is 1. The van der Waals surface area contributed by atoms with Gasteiger partial charge in [-0.15, -0.1) is 0 Å². The summed E-state index contributed by atoms with van der Waals surface area (Å²) in [5.74, 6) is -0.650. The third-order valence-electron chi connectivity index (χ3n) is 7.66. The van der Waals surface area contributed by atoms with Crippen molar-refractivity contribution >= 4 is 24.4 Å². The molecule has 2 nitrogen and oxygen atoms in total. The molecular weight excluding hydrogens is 480 g/mol. The van der Waals surface area contributed by atoms with Gasteiger partial charge in [0.25, 0.3) is 0 Å². The Bertz CT molecular complexity index is 450. The molecule has 216 valence electrons. The summed E-state index contributed by atoms with van der Waals surface area (Å²) in [6.07, 6.45) is 37.7. The van der Waals surface area contributed by atoms with Crippen LogP contribution in [0, 0.1) is 0 Å². The van der Waals surface area contributed by atoms with Gasteiger partial charge in [0, 0.05) is 6.42 Å². The standard InChI is InChI=1S/C32H65ClO2Si/c1-36(2,33)31-29-27-25-23-21-19-17-15-13-11-9-7-5-3-4-6-8-10-12-14-16-18-20-22-24-26-28-30-32(34)35/h3-31H2,1-2H3,(H,34,35). The molecule has 0 aromatic carbocycles. The third-order valence-corrected chi connectivity index (χ3v) is 9.77. The molecule has 0 rings (SSSR count). The Morgan fingerprint density at radius 2 is 0.639 bits per heavy atom. The highest BCUT2D eigenvalue weighted by molar-refractivity contribution is 7.19. The topological polar surface area (TPSA) is 37.3 Å². The summed E-state index contributed by atoms with van der Waals surface area (Å²) in [6, 6.07) is 1.29.